The molecule has 0 spiro atoms. The Kier molecular flexibility index (Phi) is 2.50. The Bertz CT molecular complexity index is 725. The van der Waals surface area contributed by atoms with Crippen molar-refractivity contribution in [1.29, 1.82) is 0 Å². The molecule has 2 aromatic rings. The first kappa shape index (κ1) is 12.0. The van der Waals surface area contributed by atoms with Crippen molar-refractivity contribution >= 4 is 34.5 Å². The number of cyclic esters (lactones) is 1. The first-order valence-electron chi connectivity index (χ1n) is 5.43. The van der Waals surface area contributed by atoms with E-state index in [0.717, 1.165) is 0 Å². The smallest absolute Gasteiger partial charge is 0.415 e. The number of nitrogens with one attached hydrogen (secondary N) is 1. The second kappa shape index (κ2) is 3.96. The molecule has 1 N–H and O–H groups in total. The lowest BCUT2D eigenvalue weighted by Crippen LogP contribution is -2.21. The molecule has 1 fully saturated rings. The fourth-order valence-electron chi connectivity index (χ4n) is 2.23. The third kappa shape index (κ3) is 1.67. The van der Waals surface area contributed by atoms with Crippen molar-refractivity contribution in [2.24, 2.45) is 7.05 Å². The summed E-state index contributed by atoms with van der Waals surface area (Å²) in [5.41, 5.74) is 0.440. The van der Waals surface area contributed by atoms with Crippen LogP contribution in [0.4, 0.5) is 9.18 Å². The Hall–Kier alpha value is -2.08. The van der Waals surface area contributed by atoms with Gasteiger partial charge in [0.05, 0.1) is 16.1 Å². The average molecular weight is 283 g/mol. The van der Waals surface area contributed by atoms with Gasteiger partial charge in [-0.1, -0.05) is 11.6 Å². The fourth-order valence-corrected chi connectivity index (χ4v) is 2.45. The van der Waals surface area contributed by atoms with E-state index in [1.54, 1.807) is 23.9 Å². The largest absolute Gasteiger partial charge is 0.431 e. The Balaban J connectivity index is 2.32. The van der Waals surface area contributed by atoms with Crippen molar-refractivity contribution in [1.82, 2.24) is 9.88 Å². The van der Waals surface area contributed by atoms with Crippen molar-refractivity contribution in [3.05, 3.63) is 34.7 Å². The molecule has 1 aromatic carbocycles. The number of ether oxygens (including phenoxy) is 1. The van der Waals surface area contributed by atoms with Crippen LogP contribution in [0.2, 0.25) is 5.02 Å². The number of nitrogens with zero attached hydrogens (tertiary/aromatic N) is 1. The monoisotopic (exact) mass is 282 g/mol. The molecule has 1 aliphatic heterocycles. The zero-order valence-electron chi connectivity index (χ0n) is 9.74. The van der Waals surface area contributed by atoms with Crippen molar-refractivity contribution in [3.8, 4) is 0 Å². The zero-order valence-corrected chi connectivity index (χ0v) is 10.5. The lowest BCUT2D eigenvalue weighted by molar-refractivity contribution is -0.123. The van der Waals surface area contributed by atoms with Gasteiger partial charge >= 0.3 is 6.09 Å². The number of rotatable bonds is 1. The van der Waals surface area contributed by atoms with E-state index in [1.165, 1.54) is 6.07 Å². The minimum absolute atomic E-state index is 0.0293. The van der Waals surface area contributed by atoms with E-state index in [0.29, 0.717) is 10.9 Å². The number of alkyl carbamates (subject to hydrolysis) is 1. The van der Waals surface area contributed by atoms with Gasteiger partial charge in [-0.2, -0.15) is 0 Å². The lowest BCUT2D eigenvalue weighted by Gasteiger charge is -2.12. The summed E-state index contributed by atoms with van der Waals surface area (Å²) in [6.45, 7) is 0. The maximum atomic E-state index is 14.2. The highest BCUT2D eigenvalue weighted by atomic mass is 35.5. The number of amides is 2. The third-order valence-electron chi connectivity index (χ3n) is 3.04. The molecule has 2 heterocycles. The number of hydrogen-bond donors (Lipinski definition) is 1. The molecule has 5 nitrogen and oxygen atoms in total. The molecule has 1 unspecified atom stereocenters. The molecule has 7 heteroatoms. The Morgan fingerprint density at radius 2 is 2.21 bits per heavy atom. The molecule has 1 aliphatic rings. The number of fused-ring (bicyclic) bond motifs is 1. The predicted molar refractivity (Wildman–Crippen MR) is 65.3 cm³/mol. The number of halogens is 2. The predicted octanol–water partition coefficient (Wildman–Crippen LogP) is 2.28. The number of hydrogen-bond acceptors (Lipinski definition) is 3. The van der Waals surface area contributed by atoms with Gasteiger partial charge in [0, 0.05) is 18.6 Å². The van der Waals surface area contributed by atoms with E-state index in [4.69, 9.17) is 16.3 Å². The van der Waals surface area contributed by atoms with Gasteiger partial charge in [-0.05, 0) is 12.1 Å². The summed E-state index contributed by atoms with van der Waals surface area (Å²) in [7, 11) is 1.70. The second-order valence-electron chi connectivity index (χ2n) is 4.23. The quantitative estimate of drug-likeness (QED) is 0.873. The zero-order chi connectivity index (χ0) is 13.7. The van der Waals surface area contributed by atoms with Crippen LogP contribution in [-0.2, 0) is 16.6 Å². The third-order valence-corrected chi connectivity index (χ3v) is 3.31. The number of aromatic nitrogens is 1. The van der Waals surface area contributed by atoms with Crippen LogP contribution >= 0.6 is 11.6 Å². The van der Waals surface area contributed by atoms with Crippen LogP contribution in [-0.4, -0.2) is 16.6 Å². The summed E-state index contributed by atoms with van der Waals surface area (Å²) >= 11 is 5.81. The standard InChI is InChI=1S/C12H8ClFN2O3/c1-16-3-2-5-4-6(13)8(14)7(9(5)16)10-11(17)15-12(18)19-10/h2-4,10H,1H3,(H,15,17,18). The molecule has 0 bridgehead atoms. The Labute approximate surface area is 111 Å². The van der Waals surface area contributed by atoms with Crippen LogP contribution in [0.3, 0.4) is 0 Å². The lowest BCUT2D eigenvalue weighted by atomic mass is 10.0. The topological polar surface area (TPSA) is 60.3 Å². The molecule has 19 heavy (non-hydrogen) atoms. The minimum Gasteiger partial charge on any atom is -0.431 e. The highest BCUT2D eigenvalue weighted by Gasteiger charge is 2.38. The van der Waals surface area contributed by atoms with Crippen LogP contribution in [0.15, 0.2) is 18.3 Å². The van der Waals surface area contributed by atoms with Crippen molar-refractivity contribution < 1.29 is 18.7 Å². The molecule has 1 saturated heterocycles. The van der Waals surface area contributed by atoms with Crippen molar-refractivity contribution in [2.45, 2.75) is 6.10 Å². The SMILES string of the molecule is Cn1ccc2cc(Cl)c(F)c(C3OC(=O)NC3=O)c21. The maximum Gasteiger partial charge on any atom is 0.415 e. The minimum atomic E-state index is -1.32. The first-order chi connectivity index (χ1) is 8.99. The molecule has 0 radical (unpaired) electrons. The highest BCUT2D eigenvalue weighted by molar-refractivity contribution is 6.31. The van der Waals surface area contributed by atoms with E-state index in [2.05, 4.69) is 0 Å². The van der Waals surface area contributed by atoms with Crippen molar-refractivity contribution in [2.75, 3.05) is 0 Å². The Morgan fingerprint density at radius 1 is 1.47 bits per heavy atom. The number of imide groups is 1. The van der Waals surface area contributed by atoms with Gasteiger partial charge in [-0.15, -0.1) is 0 Å². The van der Waals surface area contributed by atoms with Crippen LogP contribution in [0.1, 0.15) is 11.7 Å². The summed E-state index contributed by atoms with van der Waals surface area (Å²) in [6.07, 6.45) is -0.502. The van der Waals surface area contributed by atoms with Gasteiger partial charge in [0.25, 0.3) is 5.91 Å². The van der Waals surface area contributed by atoms with E-state index in [-0.39, 0.29) is 10.6 Å². The second-order valence-corrected chi connectivity index (χ2v) is 4.63. The normalized spacial score (nSPS) is 18.8. The highest BCUT2D eigenvalue weighted by Crippen LogP contribution is 2.35. The van der Waals surface area contributed by atoms with Crippen molar-refractivity contribution in [3.63, 3.8) is 0 Å². The van der Waals surface area contributed by atoms with E-state index < -0.39 is 23.9 Å². The first-order valence-corrected chi connectivity index (χ1v) is 5.81. The average Bonchev–Trinajstić information content (AvgIpc) is 2.85. The van der Waals surface area contributed by atoms with Gasteiger partial charge in [-0.25, -0.2) is 9.18 Å². The van der Waals surface area contributed by atoms with Gasteiger partial charge in [0.1, 0.15) is 0 Å². The van der Waals surface area contributed by atoms with Gasteiger partial charge in [-0.3, -0.25) is 10.1 Å². The van der Waals surface area contributed by atoms with Crippen LogP contribution in [0, 0.1) is 5.82 Å². The summed E-state index contributed by atoms with van der Waals surface area (Å²) in [4.78, 5) is 22.7. The van der Waals surface area contributed by atoms with Gasteiger partial charge in [0.2, 0.25) is 6.10 Å². The van der Waals surface area contributed by atoms with Crippen LogP contribution < -0.4 is 5.32 Å². The number of carbonyl (C=O) groups is 2. The molecule has 98 valence electrons. The molecular weight excluding hydrogens is 275 g/mol. The maximum absolute atomic E-state index is 14.2. The van der Waals surface area contributed by atoms with E-state index in [1.807, 2.05) is 5.32 Å². The van der Waals surface area contributed by atoms with Gasteiger partial charge in [0.15, 0.2) is 5.82 Å². The summed E-state index contributed by atoms with van der Waals surface area (Å²) < 4.78 is 20.7. The molecule has 0 aliphatic carbocycles. The Morgan fingerprint density at radius 3 is 2.84 bits per heavy atom. The molecule has 1 atom stereocenters. The summed E-state index contributed by atoms with van der Waals surface area (Å²) in [5, 5.41) is 2.51. The molecule has 3 rings (SSSR count). The molecule has 1 aromatic heterocycles. The van der Waals surface area contributed by atoms with Crippen LogP contribution in [0.25, 0.3) is 10.9 Å². The number of carbonyl (C=O) groups excluding carboxylic acids is 2. The summed E-state index contributed by atoms with van der Waals surface area (Å²) in [5.74, 6) is -1.46. The van der Waals surface area contributed by atoms with E-state index in [9.17, 15) is 14.0 Å². The molecule has 2 amide bonds. The van der Waals surface area contributed by atoms with Crippen LogP contribution in [0.5, 0.6) is 0 Å². The summed E-state index contributed by atoms with van der Waals surface area (Å²) in [6, 6.07) is 3.20. The van der Waals surface area contributed by atoms with Gasteiger partial charge < -0.3 is 9.30 Å². The molecule has 0 saturated carbocycles. The fraction of sp³-hybridized carbons (Fsp3) is 0.167. The number of benzene rings is 1. The van der Waals surface area contributed by atoms with E-state index >= 15 is 0 Å². The molecular formula is C12H8ClFN2O3. The number of aryl methyl sites for hydroxylation is 1.